The van der Waals surface area contributed by atoms with E-state index in [0.717, 1.165) is 11.1 Å². The van der Waals surface area contributed by atoms with E-state index in [9.17, 15) is 4.79 Å². The summed E-state index contributed by atoms with van der Waals surface area (Å²) in [6.07, 6.45) is 1.91. The Kier molecular flexibility index (Phi) is 4.54. The van der Waals surface area contributed by atoms with Gasteiger partial charge in [-0.15, -0.1) is 12.4 Å². The smallest absolute Gasteiger partial charge is 0.234 e. The lowest BCUT2D eigenvalue weighted by atomic mass is 10.1. The molecule has 0 fully saturated rings. The van der Waals surface area contributed by atoms with Gasteiger partial charge in [0.15, 0.2) is 0 Å². The fraction of sp³-hybridized carbons (Fsp3) is 0.250. The summed E-state index contributed by atoms with van der Waals surface area (Å²) in [4.78, 5) is 14.1. The summed E-state index contributed by atoms with van der Waals surface area (Å²) in [5.41, 5.74) is 7.42. The molecule has 1 aromatic carbocycles. The van der Waals surface area contributed by atoms with Crippen molar-refractivity contribution in [1.82, 2.24) is 10.3 Å². The van der Waals surface area contributed by atoms with Gasteiger partial charge >= 0.3 is 0 Å². The Labute approximate surface area is 106 Å². The van der Waals surface area contributed by atoms with Crippen LogP contribution in [0.2, 0.25) is 0 Å². The number of aromatic nitrogens is 1. The number of nitrogens with one attached hydrogen (secondary N) is 2. The maximum atomic E-state index is 10.9. The number of benzene rings is 1. The van der Waals surface area contributed by atoms with Gasteiger partial charge in [0.05, 0.1) is 6.04 Å². The fourth-order valence-corrected chi connectivity index (χ4v) is 1.66. The van der Waals surface area contributed by atoms with E-state index in [1.54, 1.807) is 6.92 Å². The Morgan fingerprint density at radius 1 is 1.47 bits per heavy atom. The molecule has 0 radical (unpaired) electrons. The third kappa shape index (κ3) is 2.99. The Morgan fingerprint density at radius 2 is 2.24 bits per heavy atom. The minimum atomic E-state index is -0.335. The largest absolute Gasteiger partial charge is 0.368 e. The highest BCUT2D eigenvalue weighted by Crippen LogP contribution is 2.16. The quantitative estimate of drug-likeness (QED) is 0.774. The van der Waals surface area contributed by atoms with Gasteiger partial charge in [-0.25, -0.2) is 0 Å². The number of primary amides is 1. The number of hydrogen-bond donors (Lipinski definition) is 3. The topological polar surface area (TPSA) is 70.9 Å². The van der Waals surface area contributed by atoms with Crippen LogP contribution in [0, 0.1) is 0 Å². The monoisotopic (exact) mass is 253 g/mol. The van der Waals surface area contributed by atoms with Gasteiger partial charge in [0.25, 0.3) is 0 Å². The second-order valence-corrected chi connectivity index (χ2v) is 3.86. The van der Waals surface area contributed by atoms with E-state index in [-0.39, 0.29) is 24.4 Å². The molecule has 0 spiro atoms. The van der Waals surface area contributed by atoms with Crippen molar-refractivity contribution in [3.63, 3.8) is 0 Å². The number of carbonyl (C=O) groups is 1. The van der Waals surface area contributed by atoms with Crippen molar-refractivity contribution >= 4 is 29.2 Å². The Hall–Kier alpha value is -1.52. The van der Waals surface area contributed by atoms with Crippen molar-refractivity contribution in [3.8, 4) is 0 Å². The minimum absolute atomic E-state index is 0. The lowest BCUT2D eigenvalue weighted by Crippen LogP contribution is -2.38. The highest BCUT2D eigenvalue weighted by atomic mass is 35.5. The van der Waals surface area contributed by atoms with Crippen LogP contribution in [-0.2, 0) is 11.3 Å². The van der Waals surface area contributed by atoms with Crippen molar-refractivity contribution in [2.24, 2.45) is 5.73 Å². The molecular formula is C12H16ClN3O. The van der Waals surface area contributed by atoms with Gasteiger partial charge in [-0.3, -0.25) is 4.79 Å². The Balaban J connectivity index is 0.00000144. The van der Waals surface area contributed by atoms with E-state index in [0.29, 0.717) is 6.54 Å². The molecule has 1 unspecified atom stereocenters. The van der Waals surface area contributed by atoms with Gasteiger partial charge in [-0.05, 0) is 23.9 Å². The molecule has 0 saturated heterocycles. The molecule has 4 nitrogen and oxygen atoms in total. The molecule has 0 aliphatic carbocycles. The summed E-state index contributed by atoms with van der Waals surface area (Å²) in [7, 11) is 0. The number of amides is 1. The standard InChI is InChI=1S/C12H15N3O.ClH/c1-8(12(13)16)15-7-10-4-2-3-9-5-6-14-11(9)10;/h2-6,8,14-15H,7H2,1H3,(H2,13,16);1H. The van der Waals surface area contributed by atoms with E-state index in [1.807, 2.05) is 30.5 Å². The average molecular weight is 254 g/mol. The number of nitrogens with two attached hydrogens (primary N) is 1. The fourth-order valence-electron chi connectivity index (χ4n) is 1.66. The van der Waals surface area contributed by atoms with Gasteiger partial charge < -0.3 is 16.0 Å². The van der Waals surface area contributed by atoms with Gasteiger partial charge in [0.2, 0.25) is 5.91 Å². The molecule has 4 N–H and O–H groups in total. The molecule has 0 aliphatic heterocycles. The summed E-state index contributed by atoms with van der Waals surface area (Å²) >= 11 is 0. The van der Waals surface area contributed by atoms with Crippen LogP contribution in [0.1, 0.15) is 12.5 Å². The van der Waals surface area contributed by atoms with Gasteiger partial charge in [-0.2, -0.15) is 0 Å². The first-order chi connectivity index (χ1) is 7.68. The lowest BCUT2D eigenvalue weighted by molar-refractivity contribution is -0.119. The number of fused-ring (bicyclic) bond motifs is 1. The zero-order valence-electron chi connectivity index (χ0n) is 9.57. The van der Waals surface area contributed by atoms with E-state index in [4.69, 9.17) is 5.73 Å². The first kappa shape index (κ1) is 13.5. The molecule has 1 atom stereocenters. The van der Waals surface area contributed by atoms with Crippen LogP contribution in [0.4, 0.5) is 0 Å². The van der Waals surface area contributed by atoms with E-state index in [2.05, 4.69) is 10.3 Å². The second kappa shape index (κ2) is 5.70. The molecule has 17 heavy (non-hydrogen) atoms. The summed E-state index contributed by atoms with van der Waals surface area (Å²) in [6.45, 7) is 2.39. The number of rotatable bonds is 4. The van der Waals surface area contributed by atoms with Crippen molar-refractivity contribution in [1.29, 1.82) is 0 Å². The molecule has 92 valence electrons. The van der Waals surface area contributed by atoms with E-state index < -0.39 is 0 Å². The highest BCUT2D eigenvalue weighted by Gasteiger charge is 2.08. The van der Waals surface area contributed by atoms with Crippen LogP contribution < -0.4 is 11.1 Å². The van der Waals surface area contributed by atoms with Crippen molar-refractivity contribution in [2.75, 3.05) is 0 Å². The number of halogens is 1. The first-order valence-electron chi connectivity index (χ1n) is 5.26. The van der Waals surface area contributed by atoms with E-state index in [1.165, 1.54) is 5.39 Å². The zero-order chi connectivity index (χ0) is 11.5. The van der Waals surface area contributed by atoms with Crippen LogP contribution in [0.3, 0.4) is 0 Å². The number of hydrogen-bond acceptors (Lipinski definition) is 2. The first-order valence-corrected chi connectivity index (χ1v) is 5.26. The summed E-state index contributed by atoms with van der Waals surface area (Å²) in [5.74, 6) is -0.335. The molecule has 5 heteroatoms. The SMILES string of the molecule is CC(NCc1cccc2cc[nH]c12)C(N)=O.Cl. The normalized spacial score (nSPS) is 12.1. The van der Waals surface area contributed by atoms with Gasteiger partial charge in [0.1, 0.15) is 0 Å². The second-order valence-electron chi connectivity index (χ2n) is 3.86. The third-order valence-electron chi connectivity index (χ3n) is 2.70. The molecule has 0 bridgehead atoms. The van der Waals surface area contributed by atoms with E-state index >= 15 is 0 Å². The van der Waals surface area contributed by atoms with Crippen LogP contribution in [0.5, 0.6) is 0 Å². The minimum Gasteiger partial charge on any atom is -0.368 e. The molecule has 1 heterocycles. The highest BCUT2D eigenvalue weighted by molar-refractivity contribution is 5.85. The molecule has 2 aromatic rings. The van der Waals surface area contributed by atoms with Crippen LogP contribution in [0.25, 0.3) is 10.9 Å². The van der Waals surface area contributed by atoms with Crippen LogP contribution in [0.15, 0.2) is 30.5 Å². The summed E-state index contributed by atoms with van der Waals surface area (Å²) in [6, 6.07) is 7.79. The predicted molar refractivity (Wildman–Crippen MR) is 71.0 cm³/mol. The molecular weight excluding hydrogens is 238 g/mol. The molecule has 1 aromatic heterocycles. The van der Waals surface area contributed by atoms with Gasteiger partial charge in [0, 0.05) is 18.3 Å². The van der Waals surface area contributed by atoms with Gasteiger partial charge in [-0.1, -0.05) is 18.2 Å². The lowest BCUT2D eigenvalue weighted by Gasteiger charge is -2.10. The van der Waals surface area contributed by atoms with Crippen molar-refractivity contribution < 1.29 is 4.79 Å². The molecule has 0 saturated carbocycles. The number of H-pyrrole nitrogens is 1. The van der Waals surface area contributed by atoms with Crippen molar-refractivity contribution in [3.05, 3.63) is 36.0 Å². The van der Waals surface area contributed by atoms with Crippen LogP contribution in [-0.4, -0.2) is 16.9 Å². The molecule has 0 aliphatic rings. The zero-order valence-corrected chi connectivity index (χ0v) is 10.4. The molecule has 2 rings (SSSR count). The number of carbonyl (C=O) groups excluding carboxylic acids is 1. The molecule has 1 amide bonds. The maximum absolute atomic E-state index is 10.9. The van der Waals surface area contributed by atoms with Crippen LogP contribution >= 0.6 is 12.4 Å². The number of aromatic amines is 1. The summed E-state index contributed by atoms with van der Waals surface area (Å²) < 4.78 is 0. The average Bonchev–Trinajstić information content (AvgIpc) is 2.73. The number of para-hydroxylation sites is 1. The summed E-state index contributed by atoms with van der Waals surface area (Å²) in [5, 5.41) is 4.26. The van der Waals surface area contributed by atoms with Crippen molar-refractivity contribution in [2.45, 2.75) is 19.5 Å². The predicted octanol–water partition coefficient (Wildman–Crippen LogP) is 1.55. The Bertz CT molecular complexity index is 509. The third-order valence-corrected chi connectivity index (χ3v) is 2.70. The Morgan fingerprint density at radius 3 is 2.94 bits per heavy atom. The maximum Gasteiger partial charge on any atom is 0.234 e.